The van der Waals surface area contributed by atoms with Crippen LogP contribution in [0.15, 0.2) is 53.0 Å². The van der Waals surface area contributed by atoms with Crippen LogP contribution in [0, 0.1) is 0 Å². The zero-order chi connectivity index (χ0) is 28.6. The highest BCUT2D eigenvalue weighted by Gasteiger charge is 2.23. The molecule has 13 heteroatoms. The van der Waals surface area contributed by atoms with Gasteiger partial charge in [0.2, 0.25) is 5.91 Å². The molecule has 2 aromatic carbocycles. The van der Waals surface area contributed by atoms with E-state index in [0.29, 0.717) is 68.1 Å². The fraction of sp³-hybridized carbons (Fsp3) is 0.259. The Labute approximate surface area is 254 Å². The third kappa shape index (κ3) is 7.50. The van der Waals surface area contributed by atoms with E-state index in [9.17, 15) is 9.59 Å². The molecule has 0 aliphatic heterocycles. The highest BCUT2D eigenvalue weighted by molar-refractivity contribution is 7.99. The van der Waals surface area contributed by atoms with Crippen molar-refractivity contribution in [3.63, 3.8) is 0 Å². The first kappa shape index (κ1) is 30.2. The van der Waals surface area contributed by atoms with E-state index < -0.39 is 5.97 Å². The molecule has 0 aliphatic rings. The van der Waals surface area contributed by atoms with E-state index in [1.54, 1.807) is 30.3 Å². The number of aromatic nitrogens is 3. The normalized spacial score (nSPS) is 10.9. The van der Waals surface area contributed by atoms with Crippen molar-refractivity contribution >= 4 is 74.8 Å². The summed E-state index contributed by atoms with van der Waals surface area (Å²) in [4.78, 5) is 25.4. The summed E-state index contributed by atoms with van der Waals surface area (Å²) >= 11 is 20.6. The third-order valence-corrected chi connectivity index (χ3v) is 8.37. The molecule has 8 nitrogen and oxygen atoms in total. The summed E-state index contributed by atoms with van der Waals surface area (Å²) in [6.07, 6.45) is 1.34. The van der Waals surface area contributed by atoms with Crippen molar-refractivity contribution < 1.29 is 19.1 Å². The Morgan fingerprint density at radius 2 is 1.82 bits per heavy atom. The molecule has 4 rings (SSSR count). The second-order valence-electron chi connectivity index (χ2n) is 8.36. The van der Waals surface area contributed by atoms with E-state index >= 15 is 0 Å². The van der Waals surface area contributed by atoms with Crippen LogP contribution in [0.1, 0.15) is 29.5 Å². The number of methoxy groups -OCH3 is 1. The average molecular weight is 640 g/mol. The maximum Gasteiger partial charge on any atom is 0.341 e. The molecule has 2 aromatic heterocycles. The molecule has 0 unspecified atom stereocenters. The minimum absolute atomic E-state index is 0.0884. The first-order valence-electron chi connectivity index (χ1n) is 12.2. The number of thioether (sulfide) groups is 1. The van der Waals surface area contributed by atoms with Crippen LogP contribution in [0.3, 0.4) is 0 Å². The molecule has 2 heterocycles. The fourth-order valence-electron chi connectivity index (χ4n) is 3.82. The minimum Gasteiger partial charge on any atom is -0.492 e. The van der Waals surface area contributed by atoms with Gasteiger partial charge in [-0.15, -0.1) is 21.5 Å². The highest BCUT2D eigenvalue weighted by atomic mass is 35.5. The molecule has 0 saturated heterocycles. The molecule has 0 radical (unpaired) electrons. The molecule has 0 bridgehead atoms. The minimum atomic E-state index is -0.535. The van der Waals surface area contributed by atoms with E-state index in [-0.39, 0.29) is 11.7 Å². The van der Waals surface area contributed by atoms with Gasteiger partial charge in [-0.2, -0.15) is 0 Å². The Bertz CT molecular complexity index is 1490. The first-order valence-corrected chi connectivity index (χ1v) is 15.2. The van der Waals surface area contributed by atoms with Crippen molar-refractivity contribution in [3.8, 4) is 16.9 Å². The molecule has 1 amide bonds. The maximum atomic E-state index is 12.9. The smallest absolute Gasteiger partial charge is 0.341 e. The molecule has 40 heavy (non-hydrogen) atoms. The van der Waals surface area contributed by atoms with Gasteiger partial charge in [-0.05, 0) is 49.2 Å². The number of carbonyl (C=O) groups excluding carboxylic acids is 2. The first-order chi connectivity index (χ1) is 19.3. The number of thiophene rings is 1. The molecular formula is C27H25Cl3N4O4S2. The Kier molecular flexibility index (Phi) is 10.7. The van der Waals surface area contributed by atoms with Gasteiger partial charge < -0.3 is 19.4 Å². The number of hydrogen-bond donors (Lipinski definition) is 1. The van der Waals surface area contributed by atoms with Gasteiger partial charge in [0.15, 0.2) is 5.16 Å². The van der Waals surface area contributed by atoms with Gasteiger partial charge >= 0.3 is 5.97 Å². The molecule has 0 atom stereocenters. The summed E-state index contributed by atoms with van der Waals surface area (Å²) in [6.45, 7) is 3.09. The number of nitrogens with one attached hydrogen (secondary N) is 1. The van der Waals surface area contributed by atoms with Crippen molar-refractivity contribution in [1.29, 1.82) is 0 Å². The van der Waals surface area contributed by atoms with Gasteiger partial charge in [-0.1, -0.05) is 58.7 Å². The molecule has 210 valence electrons. The van der Waals surface area contributed by atoms with E-state index in [4.69, 9.17) is 44.3 Å². The van der Waals surface area contributed by atoms with Crippen LogP contribution >= 0.6 is 57.9 Å². The number of benzene rings is 2. The monoisotopic (exact) mass is 638 g/mol. The standard InChI is InChI=1S/C27H25Cl3N4O4S2/c1-3-34-22(5-4-12-38-21-11-10-18(29)13-20(21)30)32-33-27(34)40-15-23(35)31-25-24(26(36)37-2)19(14-39-25)16-6-8-17(28)9-7-16/h6-11,13-14H,3-5,12,15H2,1-2H3,(H,31,35). The average Bonchev–Trinajstić information content (AvgIpc) is 3.54. The predicted octanol–water partition coefficient (Wildman–Crippen LogP) is 7.52. The molecule has 0 spiro atoms. The lowest BCUT2D eigenvalue weighted by atomic mass is 10.0. The van der Waals surface area contributed by atoms with Crippen molar-refractivity contribution in [1.82, 2.24) is 14.8 Å². The number of nitrogens with zero attached hydrogens (tertiary/aromatic N) is 3. The van der Waals surface area contributed by atoms with Gasteiger partial charge in [-0.25, -0.2) is 4.79 Å². The number of anilines is 1. The Morgan fingerprint density at radius 1 is 1.07 bits per heavy atom. The van der Waals surface area contributed by atoms with Crippen LogP contribution in [0.5, 0.6) is 5.75 Å². The summed E-state index contributed by atoms with van der Waals surface area (Å²) in [5, 5.41) is 15.9. The number of hydrogen-bond acceptors (Lipinski definition) is 8. The second-order valence-corrected chi connectivity index (χ2v) is 11.5. The highest BCUT2D eigenvalue weighted by Crippen LogP contribution is 2.37. The summed E-state index contributed by atoms with van der Waals surface area (Å²) in [5.74, 6) is 0.652. The third-order valence-electron chi connectivity index (χ3n) is 5.73. The van der Waals surface area contributed by atoms with Crippen molar-refractivity contribution in [2.24, 2.45) is 0 Å². The van der Waals surface area contributed by atoms with E-state index in [1.165, 1.54) is 30.2 Å². The lowest BCUT2D eigenvalue weighted by Gasteiger charge is -2.10. The lowest BCUT2D eigenvalue weighted by molar-refractivity contribution is -0.113. The largest absolute Gasteiger partial charge is 0.492 e. The number of rotatable bonds is 12. The van der Waals surface area contributed by atoms with Crippen LogP contribution in [0.4, 0.5) is 5.00 Å². The van der Waals surface area contributed by atoms with Crippen LogP contribution in [0.2, 0.25) is 15.1 Å². The van der Waals surface area contributed by atoms with E-state index in [0.717, 1.165) is 11.4 Å². The lowest BCUT2D eigenvalue weighted by Crippen LogP contribution is -2.16. The van der Waals surface area contributed by atoms with Gasteiger partial charge in [0.1, 0.15) is 22.1 Å². The van der Waals surface area contributed by atoms with Crippen molar-refractivity contribution in [2.75, 3.05) is 24.8 Å². The van der Waals surface area contributed by atoms with E-state index in [1.807, 2.05) is 29.0 Å². The summed E-state index contributed by atoms with van der Waals surface area (Å²) < 4.78 is 12.7. The molecule has 0 aliphatic carbocycles. The van der Waals surface area contributed by atoms with E-state index in [2.05, 4.69) is 15.5 Å². The van der Waals surface area contributed by atoms with Gasteiger partial charge in [0.25, 0.3) is 0 Å². The second kappa shape index (κ2) is 14.2. The molecule has 0 fully saturated rings. The number of esters is 1. The van der Waals surface area contributed by atoms with Crippen LogP contribution < -0.4 is 10.1 Å². The van der Waals surface area contributed by atoms with Crippen LogP contribution in [-0.2, 0) is 22.5 Å². The Hall–Kier alpha value is -2.76. The fourth-order valence-corrected chi connectivity index (χ4v) is 6.21. The Balaban J connectivity index is 1.35. The molecule has 0 saturated carbocycles. The zero-order valence-corrected chi connectivity index (χ0v) is 25.5. The number of ether oxygens (including phenoxy) is 2. The number of amides is 1. The molecule has 1 N–H and O–H groups in total. The van der Waals surface area contributed by atoms with Gasteiger partial charge in [0.05, 0.1) is 24.5 Å². The Morgan fingerprint density at radius 3 is 2.52 bits per heavy atom. The van der Waals surface area contributed by atoms with Crippen molar-refractivity contribution in [2.45, 2.75) is 31.5 Å². The summed E-state index contributed by atoms with van der Waals surface area (Å²) in [7, 11) is 1.31. The topological polar surface area (TPSA) is 95.3 Å². The number of halogens is 3. The zero-order valence-electron chi connectivity index (χ0n) is 21.6. The molecule has 4 aromatic rings. The maximum absolute atomic E-state index is 12.9. The summed E-state index contributed by atoms with van der Waals surface area (Å²) in [5.41, 5.74) is 1.75. The summed E-state index contributed by atoms with van der Waals surface area (Å²) in [6, 6.07) is 12.2. The van der Waals surface area contributed by atoms with Crippen LogP contribution in [0.25, 0.3) is 11.1 Å². The van der Waals surface area contributed by atoms with Crippen LogP contribution in [-0.4, -0.2) is 46.1 Å². The predicted molar refractivity (Wildman–Crippen MR) is 161 cm³/mol. The van der Waals surface area contributed by atoms with Crippen molar-refractivity contribution in [3.05, 3.63) is 74.3 Å². The van der Waals surface area contributed by atoms with Gasteiger partial charge in [-0.3, -0.25) is 4.79 Å². The SMILES string of the molecule is CCn1c(CCCOc2ccc(Cl)cc2Cl)nnc1SCC(=O)Nc1scc(-c2ccc(Cl)cc2)c1C(=O)OC. The molecular weight excluding hydrogens is 615 g/mol. The quantitative estimate of drug-likeness (QED) is 0.0973. The number of carbonyl (C=O) groups is 2. The number of aryl methyl sites for hydroxylation is 1. The van der Waals surface area contributed by atoms with Gasteiger partial charge in [0, 0.05) is 34.0 Å².